The summed E-state index contributed by atoms with van der Waals surface area (Å²) in [6.45, 7) is 2.99. The van der Waals surface area contributed by atoms with E-state index in [0.717, 1.165) is 0 Å². The molecule has 1 heterocycles. The molecule has 1 aliphatic rings. The summed E-state index contributed by atoms with van der Waals surface area (Å²) < 4.78 is 24.7. The number of hydrogen-bond acceptors (Lipinski definition) is 3. The van der Waals surface area contributed by atoms with Crippen molar-refractivity contribution in [2.24, 2.45) is 5.41 Å². The van der Waals surface area contributed by atoms with E-state index in [1.807, 2.05) is 0 Å². The Labute approximate surface area is 116 Å². The van der Waals surface area contributed by atoms with Crippen LogP contribution in [0.1, 0.15) is 25.8 Å². The Balaban J connectivity index is 2.49. The number of benzene rings is 1. The molecule has 19 heavy (non-hydrogen) atoms. The lowest BCUT2D eigenvalue weighted by atomic mass is 9.89. The van der Waals surface area contributed by atoms with Gasteiger partial charge in [-0.1, -0.05) is 23.7 Å². The van der Waals surface area contributed by atoms with Crippen LogP contribution in [-0.2, 0) is 14.6 Å². The number of aliphatic carboxylic acids is 1. The molecule has 0 atom stereocenters. The summed E-state index contributed by atoms with van der Waals surface area (Å²) in [5.74, 6) is -1.04. The van der Waals surface area contributed by atoms with Gasteiger partial charge in [-0.05, 0) is 38.0 Å². The monoisotopic (exact) mass is 300 g/mol. The molecule has 0 aliphatic carbocycles. The van der Waals surface area contributed by atoms with Crippen LogP contribution in [0, 0.1) is 5.41 Å². The number of fused-ring (bicyclic) bond motifs is 1. The zero-order chi connectivity index (χ0) is 14.4. The molecule has 0 bridgehead atoms. The number of sulfone groups is 1. The minimum atomic E-state index is -3.68. The van der Waals surface area contributed by atoms with Gasteiger partial charge in [0.25, 0.3) is 0 Å². The second kappa shape index (κ2) is 4.35. The van der Waals surface area contributed by atoms with Gasteiger partial charge in [-0.3, -0.25) is 4.79 Å². The molecule has 0 saturated heterocycles. The third-order valence-electron chi connectivity index (χ3n) is 3.12. The van der Waals surface area contributed by atoms with Gasteiger partial charge in [-0.15, -0.1) is 0 Å². The minimum Gasteiger partial charge on any atom is -0.481 e. The van der Waals surface area contributed by atoms with Crippen LogP contribution in [0.4, 0.5) is 0 Å². The molecule has 6 heteroatoms. The first kappa shape index (κ1) is 14.1. The number of rotatable bonds is 3. The summed E-state index contributed by atoms with van der Waals surface area (Å²) >= 11 is 5.92. The molecule has 0 amide bonds. The van der Waals surface area contributed by atoms with Crippen molar-refractivity contribution in [1.82, 2.24) is 0 Å². The van der Waals surface area contributed by atoms with Gasteiger partial charge < -0.3 is 5.11 Å². The first-order chi connectivity index (χ1) is 8.66. The minimum absolute atomic E-state index is 0.0598. The molecule has 1 aromatic carbocycles. The number of carboxylic acids is 1. The predicted octanol–water partition coefficient (Wildman–Crippen LogP) is 2.97. The summed E-state index contributed by atoms with van der Waals surface area (Å²) in [6, 6.07) is 4.83. The molecule has 0 saturated carbocycles. The molecule has 0 aromatic heterocycles. The highest BCUT2D eigenvalue weighted by Crippen LogP contribution is 2.42. The van der Waals surface area contributed by atoms with Crippen molar-refractivity contribution in [3.05, 3.63) is 33.7 Å². The number of carbonyl (C=O) groups is 1. The molecule has 0 fully saturated rings. The Bertz CT molecular complexity index is 687. The summed E-state index contributed by atoms with van der Waals surface area (Å²) in [5.41, 5.74) is -0.628. The number of halogens is 1. The SMILES string of the molecule is CC(C)(CC1=Cc2cccc(Cl)c2S1(=O)=O)C(=O)O. The summed E-state index contributed by atoms with van der Waals surface area (Å²) in [4.78, 5) is 11.3. The van der Waals surface area contributed by atoms with Gasteiger partial charge in [0.1, 0.15) is 0 Å². The second-order valence-electron chi connectivity index (χ2n) is 5.14. The lowest BCUT2D eigenvalue weighted by molar-refractivity contribution is -0.146. The van der Waals surface area contributed by atoms with E-state index < -0.39 is 21.2 Å². The van der Waals surface area contributed by atoms with Crippen molar-refractivity contribution in [1.29, 1.82) is 0 Å². The van der Waals surface area contributed by atoms with Crippen LogP contribution in [0.25, 0.3) is 6.08 Å². The summed E-state index contributed by atoms with van der Waals surface area (Å²) in [7, 11) is -3.68. The van der Waals surface area contributed by atoms with Crippen molar-refractivity contribution in [2.45, 2.75) is 25.2 Å². The fraction of sp³-hybridized carbons (Fsp3) is 0.308. The second-order valence-corrected chi connectivity index (χ2v) is 7.48. The lowest BCUT2D eigenvalue weighted by Gasteiger charge is -2.19. The zero-order valence-corrected chi connectivity index (χ0v) is 12.0. The highest BCUT2D eigenvalue weighted by Gasteiger charge is 2.37. The Morgan fingerprint density at radius 3 is 2.53 bits per heavy atom. The molecule has 1 aromatic rings. The van der Waals surface area contributed by atoms with Gasteiger partial charge in [0, 0.05) is 0 Å². The first-order valence-corrected chi connectivity index (χ1v) is 7.50. The van der Waals surface area contributed by atoms with Gasteiger partial charge in [0.05, 0.1) is 20.2 Å². The molecule has 0 radical (unpaired) electrons. The summed E-state index contributed by atoms with van der Waals surface area (Å²) in [5, 5.41) is 9.26. The fourth-order valence-corrected chi connectivity index (χ4v) is 4.31. The van der Waals surface area contributed by atoms with Crippen LogP contribution in [0.5, 0.6) is 0 Å². The molecular formula is C13H13ClO4S. The van der Waals surface area contributed by atoms with Crippen LogP contribution in [-0.4, -0.2) is 19.5 Å². The molecule has 4 nitrogen and oxygen atoms in total. The van der Waals surface area contributed by atoms with Crippen LogP contribution in [0.15, 0.2) is 28.0 Å². The van der Waals surface area contributed by atoms with E-state index in [4.69, 9.17) is 16.7 Å². The Morgan fingerprint density at radius 2 is 2.00 bits per heavy atom. The lowest BCUT2D eigenvalue weighted by Crippen LogP contribution is -2.25. The number of hydrogen-bond donors (Lipinski definition) is 1. The van der Waals surface area contributed by atoms with E-state index in [9.17, 15) is 13.2 Å². The molecule has 102 valence electrons. The molecule has 0 unspecified atom stereocenters. The van der Waals surface area contributed by atoms with E-state index in [1.165, 1.54) is 26.0 Å². The quantitative estimate of drug-likeness (QED) is 0.931. The van der Waals surface area contributed by atoms with Crippen molar-refractivity contribution in [3.63, 3.8) is 0 Å². The van der Waals surface area contributed by atoms with Gasteiger partial charge in [0.15, 0.2) is 0 Å². The highest BCUT2D eigenvalue weighted by atomic mass is 35.5. The van der Waals surface area contributed by atoms with Crippen LogP contribution >= 0.6 is 11.6 Å². The Hall–Kier alpha value is -1.33. The molecule has 1 aliphatic heterocycles. The van der Waals surface area contributed by atoms with E-state index in [-0.39, 0.29) is 21.2 Å². The summed E-state index contributed by atoms with van der Waals surface area (Å²) in [6.07, 6.45) is 1.44. The van der Waals surface area contributed by atoms with E-state index >= 15 is 0 Å². The fourth-order valence-electron chi connectivity index (χ4n) is 1.96. The standard InChI is InChI=1S/C13H13ClO4S/c1-13(2,12(15)16)7-9-6-8-4-3-5-10(14)11(8)19(9,17)18/h3-6H,7H2,1-2H3,(H,15,16). The molecule has 2 rings (SSSR count). The smallest absolute Gasteiger partial charge is 0.309 e. The highest BCUT2D eigenvalue weighted by molar-refractivity contribution is 7.96. The van der Waals surface area contributed by atoms with Gasteiger partial charge in [-0.25, -0.2) is 8.42 Å². The van der Waals surface area contributed by atoms with E-state index in [2.05, 4.69) is 0 Å². The maximum atomic E-state index is 12.4. The average Bonchev–Trinajstić information content (AvgIpc) is 2.51. The normalized spacial score (nSPS) is 16.9. The van der Waals surface area contributed by atoms with E-state index in [0.29, 0.717) is 5.56 Å². The third kappa shape index (κ3) is 2.28. The number of allylic oxidation sites excluding steroid dienone is 1. The molecule has 1 N–H and O–H groups in total. The zero-order valence-electron chi connectivity index (χ0n) is 10.5. The number of carboxylic acid groups (broad SMARTS) is 1. The molecule has 0 spiro atoms. The van der Waals surface area contributed by atoms with Gasteiger partial charge in [-0.2, -0.15) is 0 Å². The predicted molar refractivity (Wildman–Crippen MR) is 72.6 cm³/mol. The average molecular weight is 301 g/mol. The topological polar surface area (TPSA) is 71.4 Å². The molecular weight excluding hydrogens is 288 g/mol. The van der Waals surface area contributed by atoms with Crippen molar-refractivity contribution < 1.29 is 18.3 Å². The maximum Gasteiger partial charge on any atom is 0.309 e. The Morgan fingerprint density at radius 1 is 1.37 bits per heavy atom. The van der Waals surface area contributed by atoms with Crippen molar-refractivity contribution in [3.8, 4) is 0 Å². The van der Waals surface area contributed by atoms with Crippen molar-refractivity contribution >= 4 is 33.5 Å². The van der Waals surface area contributed by atoms with Gasteiger partial charge in [0.2, 0.25) is 9.84 Å². The Kier molecular flexibility index (Phi) is 3.23. The third-order valence-corrected chi connectivity index (χ3v) is 5.50. The first-order valence-electron chi connectivity index (χ1n) is 5.64. The van der Waals surface area contributed by atoms with Crippen molar-refractivity contribution in [2.75, 3.05) is 0 Å². The van der Waals surface area contributed by atoms with E-state index in [1.54, 1.807) is 12.1 Å². The van der Waals surface area contributed by atoms with Crippen LogP contribution in [0.3, 0.4) is 0 Å². The largest absolute Gasteiger partial charge is 0.481 e. The van der Waals surface area contributed by atoms with Crippen LogP contribution < -0.4 is 0 Å². The van der Waals surface area contributed by atoms with Gasteiger partial charge >= 0.3 is 5.97 Å². The maximum absolute atomic E-state index is 12.4. The van der Waals surface area contributed by atoms with Crippen LogP contribution in [0.2, 0.25) is 5.02 Å².